The third-order valence-corrected chi connectivity index (χ3v) is 4.08. The first-order valence-corrected chi connectivity index (χ1v) is 7.67. The van der Waals surface area contributed by atoms with Crippen molar-refractivity contribution in [3.05, 3.63) is 60.2 Å². The summed E-state index contributed by atoms with van der Waals surface area (Å²) in [4.78, 5) is 0.380. The van der Waals surface area contributed by atoms with Crippen LogP contribution in [0.15, 0.2) is 54.6 Å². The molecule has 2 aromatic carbocycles. The van der Waals surface area contributed by atoms with Gasteiger partial charge in [-0.2, -0.15) is 0 Å². The SMILES string of the molecule is COc1ccccc1OCCCC(Br)c1ccccc1. The molecule has 1 unspecified atom stereocenters. The summed E-state index contributed by atoms with van der Waals surface area (Å²) in [5.41, 5.74) is 1.31. The highest BCUT2D eigenvalue weighted by Gasteiger charge is 2.07. The topological polar surface area (TPSA) is 18.5 Å². The predicted molar refractivity (Wildman–Crippen MR) is 85.8 cm³/mol. The van der Waals surface area contributed by atoms with Gasteiger partial charge >= 0.3 is 0 Å². The average molecular weight is 335 g/mol. The Hall–Kier alpha value is -1.48. The molecular formula is C17H19BrO2. The molecule has 2 nitrogen and oxygen atoms in total. The van der Waals surface area contributed by atoms with E-state index in [1.54, 1.807) is 7.11 Å². The van der Waals surface area contributed by atoms with E-state index in [0.29, 0.717) is 11.4 Å². The molecule has 0 aliphatic heterocycles. The minimum absolute atomic E-state index is 0.380. The molecule has 106 valence electrons. The van der Waals surface area contributed by atoms with Crippen LogP contribution in [0.3, 0.4) is 0 Å². The van der Waals surface area contributed by atoms with E-state index < -0.39 is 0 Å². The smallest absolute Gasteiger partial charge is 0.161 e. The number of hydrogen-bond acceptors (Lipinski definition) is 2. The van der Waals surface area contributed by atoms with Gasteiger partial charge in [0, 0.05) is 4.83 Å². The van der Waals surface area contributed by atoms with E-state index in [4.69, 9.17) is 9.47 Å². The maximum Gasteiger partial charge on any atom is 0.161 e. The van der Waals surface area contributed by atoms with E-state index in [2.05, 4.69) is 40.2 Å². The lowest BCUT2D eigenvalue weighted by Crippen LogP contribution is -2.01. The maximum absolute atomic E-state index is 5.77. The first-order chi connectivity index (χ1) is 9.81. The van der Waals surface area contributed by atoms with Gasteiger partial charge in [-0.15, -0.1) is 0 Å². The summed E-state index contributed by atoms with van der Waals surface area (Å²) in [6.45, 7) is 0.690. The lowest BCUT2D eigenvalue weighted by molar-refractivity contribution is 0.286. The van der Waals surface area contributed by atoms with Gasteiger partial charge in [-0.3, -0.25) is 0 Å². The molecule has 0 aliphatic rings. The van der Waals surface area contributed by atoms with Gasteiger partial charge in [0.15, 0.2) is 11.5 Å². The van der Waals surface area contributed by atoms with Crippen LogP contribution in [-0.4, -0.2) is 13.7 Å². The zero-order chi connectivity index (χ0) is 14.2. The molecule has 20 heavy (non-hydrogen) atoms. The van der Waals surface area contributed by atoms with Gasteiger partial charge in [-0.05, 0) is 30.5 Å². The lowest BCUT2D eigenvalue weighted by atomic mass is 10.1. The van der Waals surface area contributed by atoms with Crippen molar-refractivity contribution in [3.63, 3.8) is 0 Å². The molecule has 1 atom stereocenters. The first kappa shape index (κ1) is 14.9. The summed E-state index contributed by atoms with van der Waals surface area (Å²) in [5.74, 6) is 1.59. The third-order valence-electron chi connectivity index (χ3n) is 3.09. The van der Waals surface area contributed by atoms with E-state index in [9.17, 15) is 0 Å². The number of alkyl halides is 1. The van der Waals surface area contributed by atoms with E-state index in [1.807, 2.05) is 30.3 Å². The number of para-hydroxylation sites is 2. The van der Waals surface area contributed by atoms with Crippen molar-refractivity contribution in [2.45, 2.75) is 17.7 Å². The standard InChI is InChI=1S/C17H19BrO2/c1-19-16-11-5-6-12-17(16)20-13-7-10-15(18)14-8-3-2-4-9-14/h2-6,8-9,11-12,15H,7,10,13H2,1H3. The molecule has 3 heteroatoms. The Morgan fingerprint density at radius 2 is 1.60 bits per heavy atom. The first-order valence-electron chi connectivity index (χ1n) is 6.76. The van der Waals surface area contributed by atoms with Gasteiger partial charge in [0.05, 0.1) is 13.7 Å². The molecule has 0 saturated carbocycles. The van der Waals surface area contributed by atoms with Crippen molar-refractivity contribution in [2.75, 3.05) is 13.7 Å². The minimum Gasteiger partial charge on any atom is -0.493 e. The summed E-state index contributed by atoms with van der Waals surface area (Å²) in [6, 6.07) is 18.2. The van der Waals surface area contributed by atoms with Crippen molar-refractivity contribution in [3.8, 4) is 11.5 Å². The van der Waals surface area contributed by atoms with Gasteiger partial charge in [-0.25, -0.2) is 0 Å². The number of halogens is 1. The van der Waals surface area contributed by atoms with Crippen molar-refractivity contribution in [2.24, 2.45) is 0 Å². The van der Waals surface area contributed by atoms with Crippen LogP contribution in [0.5, 0.6) is 11.5 Å². The van der Waals surface area contributed by atoms with E-state index in [0.717, 1.165) is 24.3 Å². The molecule has 0 spiro atoms. The quantitative estimate of drug-likeness (QED) is 0.524. The molecular weight excluding hydrogens is 316 g/mol. The van der Waals surface area contributed by atoms with Gasteiger partial charge < -0.3 is 9.47 Å². The van der Waals surface area contributed by atoms with Crippen LogP contribution < -0.4 is 9.47 Å². The molecule has 0 fully saturated rings. The monoisotopic (exact) mass is 334 g/mol. The molecule has 0 saturated heterocycles. The molecule has 0 amide bonds. The number of rotatable bonds is 7. The van der Waals surface area contributed by atoms with Gasteiger partial charge in [0.2, 0.25) is 0 Å². The lowest BCUT2D eigenvalue weighted by Gasteiger charge is -2.12. The second-order valence-electron chi connectivity index (χ2n) is 4.52. The van der Waals surface area contributed by atoms with E-state index in [-0.39, 0.29) is 0 Å². The number of hydrogen-bond donors (Lipinski definition) is 0. The Labute approximate surface area is 128 Å². The maximum atomic E-state index is 5.77. The summed E-state index contributed by atoms with van der Waals surface area (Å²) in [5, 5.41) is 0. The predicted octanol–water partition coefficient (Wildman–Crippen LogP) is 4.99. The van der Waals surface area contributed by atoms with Gasteiger partial charge in [-0.1, -0.05) is 58.4 Å². The van der Waals surface area contributed by atoms with Crippen LogP contribution in [0.25, 0.3) is 0 Å². The molecule has 2 aromatic rings. The minimum atomic E-state index is 0.380. The average Bonchev–Trinajstić information content (AvgIpc) is 2.52. The highest BCUT2D eigenvalue weighted by atomic mass is 79.9. The molecule has 0 radical (unpaired) electrons. The fourth-order valence-electron chi connectivity index (χ4n) is 2.01. The van der Waals surface area contributed by atoms with Crippen LogP contribution in [0.2, 0.25) is 0 Å². The summed E-state index contributed by atoms with van der Waals surface area (Å²) < 4.78 is 11.0. The van der Waals surface area contributed by atoms with Crippen LogP contribution in [0, 0.1) is 0 Å². The highest BCUT2D eigenvalue weighted by molar-refractivity contribution is 9.09. The second kappa shape index (κ2) is 7.95. The normalized spacial score (nSPS) is 11.9. The van der Waals surface area contributed by atoms with Crippen molar-refractivity contribution in [1.82, 2.24) is 0 Å². The Morgan fingerprint density at radius 1 is 0.950 bits per heavy atom. The number of benzene rings is 2. The third kappa shape index (κ3) is 4.27. The van der Waals surface area contributed by atoms with Gasteiger partial charge in [0.25, 0.3) is 0 Å². The van der Waals surface area contributed by atoms with Crippen LogP contribution in [0.4, 0.5) is 0 Å². The fraction of sp³-hybridized carbons (Fsp3) is 0.294. The number of methoxy groups -OCH3 is 1. The largest absolute Gasteiger partial charge is 0.493 e. The van der Waals surface area contributed by atoms with Crippen molar-refractivity contribution in [1.29, 1.82) is 0 Å². The molecule has 0 aromatic heterocycles. The Kier molecular flexibility index (Phi) is 5.93. The molecule has 0 heterocycles. The van der Waals surface area contributed by atoms with E-state index in [1.165, 1.54) is 5.56 Å². The van der Waals surface area contributed by atoms with Crippen LogP contribution in [-0.2, 0) is 0 Å². The fourth-order valence-corrected chi connectivity index (χ4v) is 2.64. The van der Waals surface area contributed by atoms with Crippen LogP contribution >= 0.6 is 15.9 Å². The van der Waals surface area contributed by atoms with E-state index >= 15 is 0 Å². The Balaban J connectivity index is 1.76. The zero-order valence-corrected chi connectivity index (χ0v) is 13.2. The summed E-state index contributed by atoms with van der Waals surface area (Å²) in [7, 11) is 1.66. The Morgan fingerprint density at radius 3 is 2.30 bits per heavy atom. The molecule has 0 bridgehead atoms. The summed E-state index contributed by atoms with van der Waals surface area (Å²) >= 11 is 3.72. The molecule has 0 aliphatic carbocycles. The second-order valence-corrected chi connectivity index (χ2v) is 5.63. The van der Waals surface area contributed by atoms with Crippen LogP contribution in [0.1, 0.15) is 23.2 Å². The molecule has 2 rings (SSSR count). The molecule has 0 N–H and O–H groups in total. The Bertz CT molecular complexity index is 513. The highest BCUT2D eigenvalue weighted by Crippen LogP contribution is 2.29. The van der Waals surface area contributed by atoms with Gasteiger partial charge in [0.1, 0.15) is 0 Å². The number of ether oxygens (including phenoxy) is 2. The summed E-state index contributed by atoms with van der Waals surface area (Å²) in [6.07, 6.45) is 2.03. The van der Waals surface area contributed by atoms with Crippen molar-refractivity contribution < 1.29 is 9.47 Å². The zero-order valence-electron chi connectivity index (χ0n) is 11.6. The van der Waals surface area contributed by atoms with Crippen molar-refractivity contribution >= 4 is 15.9 Å².